The van der Waals surface area contributed by atoms with Crippen LogP contribution in [0.5, 0.6) is 0 Å². The smallest absolute Gasteiger partial charge is 0.109 e. The second-order valence-electron chi connectivity index (χ2n) is 5.81. The third-order valence-corrected chi connectivity index (χ3v) is 3.96. The minimum atomic E-state index is -0.333. The van der Waals surface area contributed by atoms with E-state index in [0.717, 1.165) is 25.7 Å². The van der Waals surface area contributed by atoms with Gasteiger partial charge in [-0.2, -0.15) is 5.26 Å². The first-order valence-electron chi connectivity index (χ1n) is 7.65. The van der Waals surface area contributed by atoms with Gasteiger partial charge < -0.3 is 14.2 Å². The van der Waals surface area contributed by atoms with Crippen molar-refractivity contribution < 1.29 is 14.2 Å². The van der Waals surface area contributed by atoms with Crippen LogP contribution in [-0.4, -0.2) is 51.2 Å². The molecule has 0 radical (unpaired) electrons. The summed E-state index contributed by atoms with van der Waals surface area (Å²) in [5.74, 6) is 0. The molecule has 0 aliphatic heterocycles. The Morgan fingerprint density at radius 3 is 2.75 bits per heavy atom. The maximum absolute atomic E-state index is 9.40. The third kappa shape index (κ3) is 5.02. The van der Waals surface area contributed by atoms with Gasteiger partial charge in [0, 0.05) is 32.8 Å². The van der Waals surface area contributed by atoms with E-state index in [9.17, 15) is 5.26 Å². The fraction of sp³-hybridized carbons (Fsp3) is 0.933. The Labute approximate surface area is 121 Å². The Bertz CT molecular complexity index is 328. The van der Waals surface area contributed by atoms with Crippen molar-refractivity contribution in [3.63, 3.8) is 0 Å². The normalized spacial score (nSPS) is 29.5. The van der Waals surface area contributed by atoms with Gasteiger partial charge in [-0.1, -0.05) is 0 Å². The first-order valence-corrected chi connectivity index (χ1v) is 7.65. The largest absolute Gasteiger partial charge is 0.382 e. The van der Waals surface area contributed by atoms with Gasteiger partial charge in [-0.05, 0) is 32.1 Å². The van der Waals surface area contributed by atoms with Crippen molar-refractivity contribution in [2.45, 2.75) is 56.2 Å². The molecular weight excluding hydrogens is 256 g/mol. The summed E-state index contributed by atoms with van der Waals surface area (Å²) < 4.78 is 16.2. The van der Waals surface area contributed by atoms with Crippen LogP contribution < -0.4 is 5.32 Å². The topological polar surface area (TPSA) is 63.5 Å². The quantitative estimate of drug-likeness (QED) is 0.617. The highest BCUT2D eigenvalue weighted by molar-refractivity contribution is 5.14. The molecule has 0 aromatic rings. The molecule has 2 aliphatic carbocycles. The molecule has 2 saturated carbocycles. The van der Waals surface area contributed by atoms with E-state index >= 15 is 0 Å². The number of ether oxygens (including phenoxy) is 3. The Kier molecular flexibility index (Phi) is 6.24. The zero-order valence-electron chi connectivity index (χ0n) is 12.4. The maximum atomic E-state index is 9.40. The fourth-order valence-corrected chi connectivity index (χ4v) is 2.68. The van der Waals surface area contributed by atoms with E-state index in [-0.39, 0.29) is 11.6 Å². The van der Waals surface area contributed by atoms with Gasteiger partial charge in [0.2, 0.25) is 0 Å². The van der Waals surface area contributed by atoms with Crippen LogP contribution in [0, 0.1) is 11.3 Å². The number of nitriles is 1. The van der Waals surface area contributed by atoms with Gasteiger partial charge in [0.05, 0.1) is 25.4 Å². The lowest BCUT2D eigenvalue weighted by Crippen LogP contribution is -2.43. The molecule has 2 fully saturated rings. The first-order chi connectivity index (χ1) is 9.78. The molecule has 0 spiro atoms. The number of hydrogen-bond acceptors (Lipinski definition) is 5. The van der Waals surface area contributed by atoms with Crippen molar-refractivity contribution >= 4 is 0 Å². The fourth-order valence-electron chi connectivity index (χ4n) is 2.68. The van der Waals surface area contributed by atoms with E-state index in [0.29, 0.717) is 32.5 Å². The van der Waals surface area contributed by atoms with Crippen molar-refractivity contribution in [1.82, 2.24) is 5.32 Å². The Balaban J connectivity index is 1.55. The number of nitrogens with zero attached hydrogens (tertiary/aromatic N) is 1. The van der Waals surface area contributed by atoms with Crippen molar-refractivity contribution in [2.75, 3.05) is 33.5 Å². The Morgan fingerprint density at radius 1 is 1.20 bits per heavy atom. The lowest BCUT2D eigenvalue weighted by Gasteiger charge is -2.22. The number of hydrogen-bond donors (Lipinski definition) is 1. The van der Waals surface area contributed by atoms with Crippen LogP contribution >= 0.6 is 0 Å². The van der Waals surface area contributed by atoms with Gasteiger partial charge in [0.15, 0.2) is 0 Å². The van der Waals surface area contributed by atoms with Crippen LogP contribution in [0.3, 0.4) is 0 Å². The van der Waals surface area contributed by atoms with E-state index in [2.05, 4.69) is 11.4 Å². The molecule has 0 aromatic heterocycles. The summed E-state index contributed by atoms with van der Waals surface area (Å²) in [6.07, 6.45) is 6.27. The van der Waals surface area contributed by atoms with Crippen LogP contribution in [-0.2, 0) is 14.2 Å². The third-order valence-electron chi connectivity index (χ3n) is 3.96. The molecule has 20 heavy (non-hydrogen) atoms. The molecule has 2 rings (SSSR count). The van der Waals surface area contributed by atoms with Crippen molar-refractivity contribution in [2.24, 2.45) is 0 Å². The van der Waals surface area contributed by atoms with Crippen LogP contribution in [0.4, 0.5) is 0 Å². The molecule has 0 saturated heterocycles. The summed E-state index contributed by atoms with van der Waals surface area (Å²) in [7, 11) is 1.67. The molecular formula is C15H26N2O3. The van der Waals surface area contributed by atoms with E-state index in [1.165, 1.54) is 12.8 Å². The van der Waals surface area contributed by atoms with E-state index in [1.54, 1.807) is 7.11 Å². The summed E-state index contributed by atoms with van der Waals surface area (Å²) in [5.41, 5.74) is -0.333. The molecule has 0 amide bonds. The van der Waals surface area contributed by atoms with Crippen LogP contribution in [0.15, 0.2) is 0 Å². The number of methoxy groups -OCH3 is 1. The highest BCUT2D eigenvalue weighted by Crippen LogP contribution is 2.35. The SMILES string of the molecule is COCCOCCCOC1CCC(C#N)(NC2CC2)C1. The zero-order valence-corrected chi connectivity index (χ0v) is 12.4. The average molecular weight is 282 g/mol. The number of rotatable bonds is 10. The van der Waals surface area contributed by atoms with Crippen LogP contribution in [0.1, 0.15) is 38.5 Å². The lowest BCUT2D eigenvalue weighted by molar-refractivity contribution is 0.0245. The monoisotopic (exact) mass is 282 g/mol. The summed E-state index contributed by atoms with van der Waals surface area (Å²) in [6, 6.07) is 3.05. The van der Waals surface area contributed by atoms with Gasteiger partial charge in [0.1, 0.15) is 5.54 Å². The molecule has 2 aliphatic rings. The van der Waals surface area contributed by atoms with Crippen LogP contribution in [0.2, 0.25) is 0 Å². The standard InChI is InChI=1S/C15H26N2O3/c1-18-9-10-19-7-2-8-20-14-5-6-15(11-14,12-16)17-13-3-4-13/h13-14,17H,2-11H2,1H3. The maximum Gasteiger partial charge on any atom is 0.109 e. The molecule has 5 heteroatoms. The predicted molar refractivity (Wildman–Crippen MR) is 75.4 cm³/mol. The zero-order chi connectivity index (χ0) is 14.3. The Morgan fingerprint density at radius 2 is 2.05 bits per heavy atom. The van der Waals surface area contributed by atoms with Gasteiger partial charge in [-0.25, -0.2) is 0 Å². The second-order valence-corrected chi connectivity index (χ2v) is 5.81. The predicted octanol–water partition coefficient (Wildman–Crippen LogP) is 1.62. The van der Waals surface area contributed by atoms with E-state index in [1.807, 2.05) is 0 Å². The van der Waals surface area contributed by atoms with Gasteiger partial charge in [-0.15, -0.1) is 0 Å². The summed E-state index contributed by atoms with van der Waals surface area (Å²) in [4.78, 5) is 0. The minimum absolute atomic E-state index is 0.222. The number of nitrogens with one attached hydrogen (secondary N) is 1. The molecule has 0 bridgehead atoms. The first kappa shape index (κ1) is 15.7. The van der Waals surface area contributed by atoms with Crippen molar-refractivity contribution in [3.05, 3.63) is 0 Å². The molecule has 2 atom stereocenters. The van der Waals surface area contributed by atoms with Gasteiger partial charge in [0.25, 0.3) is 0 Å². The van der Waals surface area contributed by atoms with Crippen molar-refractivity contribution in [1.29, 1.82) is 5.26 Å². The van der Waals surface area contributed by atoms with Gasteiger partial charge >= 0.3 is 0 Å². The average Bonchev–Trinajstić information content (AvgIpc) is 3.17. The molecule has 0 aromatic carbocycles. The van der Waals surface area contributed by atoms with E-state index in [4.69, 9.17) is 14.2 Å². The highest BCUT2D eigenvalue weighted by Gasteiger charge is 2.43. The van der Waals surface area contributed by atoms with Crippen molar-refractivity contribution in [3.8, 4) is 6.07 Å². The summed E-state index contributed by atoms with van der Waals surface area (Å²) in [6.45, 7) is 2.70. The molecule has 5 nitrogen and oxygen atoms in total. The van der Waals surface area contributed by atoms with Crippen LogP contribution in [0.25, 0.3) is 0 Å². The summed E-state index contributed by atoms with van der Waals surface area (Å²) in [5, 5.41) is 12.9. The summed E-state index contributed by atoms with van der Waals surface area (Å²) >= 11 is 0. The molecule has 1 N–H and O–H groups in total. The van der Waals surface area contributed by atoms with Gasteiger partial charge in [-0.3, -0.25) is 5.32 Å². The minimum Gasteiger partial charge on any atom is -0.382 e. The lowest BCUT2D eigenvalue weighted by atomic mass is 9.99. The van der Waals surface area contributed by atoms with E-state index < -0.39 is 0 Å². The Hall–Kier alpha value is -0.670. The highest BCUT2D eigenvalue weighted by atomic mass is 16.5. The second kappa shape index (κ2) is 7.94. The molecule has 0 heterocycles. The molecule has 114 valence electrons. The molecule has 2 unspecified atom stereocenters.